The smallest absolute Gasteiger partial charge is 0.405 e. The highest BCUT2D eigenvalue weighted by Gasteiger charge is 2.48. The van der Waals surface area contributed by atoms with E-state index in [1.807, 2.05) is 0 Å². The number of ether oxygens (including phenoxy) is 1. The Hall–Kier alpha value is -4.40. The molecule has 2 aliphatic rings. The number of hydrogen-bond donors (Lipinski definition) is 2. The molecule has 2 aromatic heterocycles. The van der Waals surface area contributed by atoms with Crippen LogP contribution in [-0.4, -0.2) is 59.7 Å². The van der Waals surface area contributed by atoms with Gasteiger partial charge in [-0.05, 0) is 88.3 Å². The number of nitrogens with zero attached hydrogens (tertiary/aromatic N) is 4. The highest BCUT2D eigenvalue weighted by molar-refractivity contribution is 7.93. The van der Waals surface area contributed by atoms with Gasteiger partial charge in [0.1, 0.15) is 28.6 Å². The zero-order valence-corrected chi connectivity index (χ0v) is 31.0. The van der Waals surface area contributed by atoms with Crippen molar-refractivity contribution in [1.29, 1.82) is 0 Å². The maximum Gasteiger partial charge on any atom is 0.405 e. The number of primary amides is 1. The van der Waals surface area contributed by atoms with Crippen LogP contribution in [0.4, 0.5) is 28.2 Å². The van der Waals surface area contributed by atoms with Gasteiger partial charge in [0.25, 0.3) is 6.43 Å². The first-order valence-electron chi connectivity index (χ1n) is 16.4. The highest BCUT2D eigenvalue weighted by atomic mass is 35.5. The Balaban J connectivity index is 1.61. The van der Waals surface area contributed by atoms with Gasteiger partial charge < -0.3 is 10.5 Å². The number of rotatable bonds is 12. The molecule has 53 heavy (non-hydrogen) atoms. The van der Waals surface area contributed by atoms with Crippen molar-refractivity contribution >= 4 is 55.1 Å². The summed E-state index contributed by atoms with van der Waals surface area (Å²) in [5.74, 6) is 3.55. The molecule has 18 heteroatoms. The Morgan fingerprint density at radius 3 is 2.34 bits per heavy atom. The average Bonchev–Trinajstić information content (AvgIpc) is 3.99. The Kier molecular flexibility index (Phi) is 10.2. The Morgan fingerprint density at radius 2 is 1.77 bits per heavy atom. The number of fused-ring (bicyclic) bond motifs is 1. The highest BCUT2D eigenvalue weighted by Crippen LogP contribution is 2.48. The number of hydrogen-bond acceptors (Lipinski definition) is 8. The summed E-state index contributed by atoms with van der Waals surface area (Å²) in [7, 11) is -6.93. The monoisotopic (exact) mass is 795 g/mol. The minimum Gasteiger partial charge on any atom is -0.439 e. The maximum absolute atomic E-state index is 14.3. The number of nitrogens with two attached hydrogens (primary N) is 1. The number of aromatic nitrogens is 3. The second-order valence-electron chi connectivity index (χ2n) is 13.8. The van der Waals surface area contributed by atoms with E-state index in [0.29, 0.717) is 31.7 Å². The molecule has 2 N–H and O–H groups in total. The number of benzene rings is 2. The van der Waals surface area contributed by atoms with E-state index in [4.69, 9.17) is 22.1 Å². The molecule has 2 heterocycles. The molecular formula is C35H34ClF4N5O6S2. The standard InChI is InChI=1S/C35H34ClF4N5O6S2/c1-34(2,53(49,50)23-5-6-23)11-10-22-4-7-24(30(42-22)27(51-33(41)46)16-19-14-20(37)17-21(38)15-19)25-8-9-26(36)29-31(25)44(18-28(39)40)43-32(29)45(52(47)48)35(3)12-13-35/h4,7-9,14-15,17,23,27-28,52H,5-6,12-13,16,18H2,1-3H3,(H2,41,46)/t27-/m0/s1. The van der Waals surface area contributed by atoms with Gasteiger partial charge in [0, 0.05) is 23.6 Å². The second-order valence-corrected chi connectivity index (χ2v) is 17.9. The van der Waals surface area contributed by atoms with Crippen molar-refractivity contribution in [1.82, 2.24) is 14.8 Å². The molecule has 2 fully saturated rings. The number of sulfone groups is 1. The summed E-state index contributed by atoms with van der Waals surface area (Å²) >= 11 is 6.67. The number of anilines is 1. The molecule has 0 unspecified atom stereocenters. The first-order chi connectivity index (χ1) is 24.8. The zero-order chi connectivity index (χ0) is 38.6. The Morgan fingerprint density at radius 1 is 1.13 bits per heavy atom. The predicted molar refractivity (Wildman–Crippen MR) is 191 cm³/mol. The fourth-order valence-corrected chi connectivity index (χ4v) is 9.10. The minimum absolute atomic E-state index is 0.00152. The van der Waals surface area contributed by atoms with Crippen LogP contribution in [-0.2, 0) is 38.4 Å². The van der Waals surface area contributed by atoms with E-state index >= 15 is 0 Å². The lowest BCUT2D eigenvalue weighted by Crippen LogP contribution is -2.34. The zero-order valence-electron chi connectivity index (χ0n) is 28.6. The van der Waals surface area contributed by atoms with Gasteiger partial charge in [0.05, 0.1) is 32.4 Å². The molecule has 282 valence electrons. The Bertz CT molecular complexity index is 2360. The molecular weight excluding hydrogens is 762 g/mol. The van der Waals surface area contributed by atoms with Gasteiger partial charge in [0.15, 0.2) is 21.8 Å². The average molecular weight is 796 g/mol. The first-order valence-corrected chi connectivity index (χ1v) is 19.5. The van der Waals surface area contributed by atoms with E-state index in [-0.39, 0.29) is 56.2 Å². The van der Waals surface area contributed by atoms with E-state index in [1.165, 1.54) is 38.1 Å². The summed E-state index contributed by atoms with van der Waals surface area (Å²) in [4.78, 5) is 16.9. The topological polar surface area (TPSA) is 155 Å². The number of carbonyl (C=O) groups excluding carboxylic acids is 1. The second kappa shape index (κ2) is 14.1. The molecule has 2 aromatic carbocycles. The molecule has 1 atom stereocenters. The molecule has 0 aliphatic heterocycles. The van der Waals surface area contributed by atoms with Crippen LogP contribution in [0.3, 0.4) is 0 Å². The van der Waals surface area contributed by atoms with Crippen LogP contribution < -0.4 is 10.0 Å². The van der Waals surface area contributed by atoms with Gasteiger partial charge >= 0.3 is 6.09 Å². The molecule has 2 aliphatic carbocycles. The van der Waals surface area contributed by atoms with Crippen LogP contribution in [0.2, 0.25) is 5.02 Å². The van der Waals surface area contributed by atoms with Gasteiger partial charge in [-0.15, -0.1) is 0 Å². The molecule has 11 nitrogen and oxygen atoms in total. The maximum atomic E-state index is 14.3. The lowest BCUT2D eigenvalue weighted by molar-refractivity contribution is 0.104. The van der Waals surface area contributed by atoms with E-state index in [9.17, 15) is 39.2 Å². The van der Waals surface area contributed by atoms with Crippen molar-refractivity contribution in [2.24, 2.45) is 5.73 Å². The number of thiol groups is 1. The lowest BCUT2D eigenvalue weighted by Gasteiger charge is -2.23. The van der Waals surface area contributed by atoms with E-state index < -0.39 is 73.1 Å². The van der Waals surface area contributed by atoms with E-state index in [0.717, 1.165) is 21.1 Å². The van der Waals surface area contributed by atoms with Crippen LogP contribution in [0, 0.1) is 23.5 Å². The number of halogens is 5. The summed E-state index contributed by atoms with van der Waals surface area (Å²) in [5, 5.41) is 3.87. The number of carbonyl (C=O) groups is 1. The van der Waals surface area contributed by atoms with Gasteiger partial charge in [-0.25, -0.2) is 48.5 Å². The predicted octanol–water partition coefficient (Wildman–Crippen LogP) is 6.27. The molecule has 0 radical (unpaired) electrons. The van der Waals surface area contributed by atoms with Crippen molar-refractivity contribution in [3.63, 3.8) is 0 Å². The lowest BCUT2D eigenvalue weighted by atomic mass is 9.95. The van der Waals surface area contributed by atoms with Crippen molar-refractivity contribution < 1.29 is 43.9 Å². The van der Waals surface area contributed by atoms with Crippen molar-refractivity contribution in [3.8, 4) is 23.0 Å². The van der Waals surface area contributed by atoms with Gasteiger partial charge in [-0.3, -0.25) is 4.68 Å². The third-order valence-corrected chi connectivity index (χ3v) is 13.5. The van der Waals surface area contributed by atoms with Crippen molar-refractivity contribution in [2.45, 2.75) is 87.5 Å². The van der Waals surface area contributed by atoms with Gasteiger partial charge in [-0.2, -0.15) is 5.10 Å². The van der Waals surface area contributed by atoms with E-state index in [1.54, 1.807) is 6.92 Å². The summed E-state index contributed by atoms with van der Waals surface area (Å²) in [6.07, 6.45) is -4.05. The molecule has 0 spiro atoms. The quantitative estimate of drug-likeness (QED) is 0.0967. The molecule has 2 saturated carbocycles. The minimum atomic E-state index is -3.63. The fraction of sp³-hybridized carbons (Fsp3) is 0.400. The number of amides is 1. The van der Waals surface area contributed by atoms with Gasteiger partial charge in [-0.1, -0.05) is 23.6 Å². The SMILES string of the molecule is CC1(N(c2nn(CC(F)F)c3c(-c4ccc(C#CC(C)(C)S(=O)(=O)C5CC5)nc4[C@H](Cc4cc(F)cc(F)c4)OC(N)=O)ccc(Cl)c23)[SH](=O)=O)CC1. The molecule has 0 bridgehead atoms. The van der Waals surface area contributed by atoms with E-state index in [2.05, 4.69) is 21.9 Å². The summed E-state index contributed by atoms with van der Waals surface area (Å²) in [6.45, 7) is 3.65. The van der Waals surface area contributed by atoms with Gasteiger partial charge in [0.2, 0.25) is 10.9 Å². The molecule has 0 saturated heterocycles. The first kappa shape index (κ1) is 38.3. The fourth-order valence-electron chi connectivity index (χ4n) is 6.19. The van der Waals surface area contributed by atoms with Crippen LogP contribution >= 0.6 is 11.6 Å². The third-order valence-electron chi connectivity index (χ3n) is 9.27. The van der Waals surface area contributed by atoms with Crippen molar-refractivity contribution in [2.75, 3.05) is 4.31 Å². The number of alkyl halides is 2. The largest absolute Gasteiger partial charge is 0.439 e. The Labute approximate surface area is 309 Å². The number of pyridine rings is 1. The van der Waals surface area contributed by atoms with Crippen LogP contribution in [0.5, 0.6) is 0 Å². The normalized spacial score (nSPS) is 16.0. The third kappa shape index (κ3) is 7.81. The molecule has 4 aromatic rings. The summed E-state index contributed by atoms with van der Waals surface area (Å²) in [5.41, 5.74) is 4.81. The van der Waals surface area contributed by atoms with Crippen LogP contribution in [0.1, 0.15) is 69.5 Å². The molecule has 1 amide bonds. The van der Waals surface area contributed by atoms with Crippen LogP contribution in [0.25, 0.3) is 22.0 Å². The molecule has 6 rings (SSSR count). The van der Waals surface area contributed by atoms with Crippen LogP contribution in [0.15, 0.2) is 42.5 Å². The van der Waals surface area contributed by atoms with Crippen molar-refractivity contribution in [3.05, 3.63) is 76.1 Å². The summed E-state index contributed by atoms with van der Waals surface area (Å²) < 4.78 is 114. The summed E-state index contributed by atoms with van der Waals surface area (Å²) in [6, 6.07) is 8.44.